The van der Waals surface area contributed by atoms with Gasteiger partial charge in [-0.15, -0.1) is 11.3 Å². The van der Waals surface area contributed by atoms with E-state index in [-0.39, 0.29) is 17.9 Å². The molecule has 6 rings (SSSR count). The second kappa shape index (κ2) is 9.84. The highest BCUT2D eigenvalue weighted by Crippen LogP contribution is 2.37. The molecule has 0 aromatic carbocycles. The number of nitrogens with one attached hydrogen (secondary N) is 2. The maximum Gasteiger partial charge on any atom is 0.260 e. The summed E-state index contributed by atoms with van der Waals surface area (Å²) in [6.45, 7) is 8.44. The molecule has 0 aliphatic carbocycles. The van der Waals surface area contributed by atoms with E-state index in [0.29, 0.717) is 35.3 Å². The zero-order valence-corrected chi connectivity index (χ0v) is 22.4. The molecule has 38 heavy (non-hydrogen) atoms. The summed E-state index contributed by atoms with van der Waals surface area (Å²) >= 11 is 1.46. The second-order valence-corrected chi connectivity index (χ2v) is 11.0. The van der Waals surface area contributed by atoms with E-state index in [0.717, 1.165) is 53.5 Å². The molecule has 0 radical (unpaired) electrons. The molecule has 2 aliphatic rings. The Hall–Kier alpha value is -3.77. The lowest BCUT2D eigenvalue weighted by atomic mass is 10.2. The van der Waals surface area contributed by atoms with Crippen LogP contribution in [0.15, 0.2) is 30.9 Å². The van der Waals surface area contributed by atoms with Gasteiger partial charge in [0.2, 0.25) is 11.8 Å². The molecule has 198 valence electrons. The minimum Gasteiger partial charge on any atom is -0.477 e. The van der Waals surface area contributed by atoms with Gasteiger partial charge in [0, 0.05) is 25.2 Å². The Morgan fingerprint density at radius 1 is 1.13 bits per heavy atom. The van der Waals surface area contributed by atoms with Crippen molar-refractivity contribution in [2.45, 2.75) is 58.7 Å². The molecule has 4 aromatic rings. The van der Waals surface area contributed by atoms with E-state index in [1.54, 1.807) is 29.2 Å². The first-order valence-corrected chi connectivity index (χ1v) is 13.7. The molecule has 2 amide bonds. The molecule has 2 N–H and O–H groups in total. The van der Waals surface area contributed by atoms with Crippen molar-refractivity contribution in [2.24, 2.45) is 0 Å². The number of thiazole rings is 1. The summed E-state index contributed by atoms with van der Waals surface area (Å²) in [5.41, 5.74) is 3.09. The number of pyridine rings is 1. The van der Waals surface area contributed by atoms with Crippen LogP contribution in [0.3, 0.4) is 0 Å². The predicted molar refractivity (Wildman–Crippen MR) is 145 cm³/mol. The molecule has 0 spiro atoms. The average molecular weight is 535 g/mol. The third-order valence-electron chi connectivity index (χ3n) is 7.11. The van der Waals surface area contributed by atoms with Gasteiger partial charge in [-0.2, -0.15) is 10.2 Å². The Labute approximate surface area is 223 Å². The van der Waals surface area contributed by atoms with E-state index in [9.17, 15) is 9.59 Å². The van der Waals surface area contributed by atoms with E-state index >= 15 is 0 Å². The van der Waals surface area contributed by atoms with Crippen molar-refractivity contribution in [2.75, 3.05) is 23.8 Å². The van der Waals surface area contributed by atoms with Crippen LogP contribution in [0.4, 0.5) is 11.4 Å². The van der Waals surface area contributed by atoms with E-state index in [2.05, 4.69) is 44.6 Å². The fraction of sp³-hybridized carbons (Fsp3) is 0.423. The molecule has 0 unspecified atom stereocenters. The number of ether oxygens (including phenoxy) is 1. The summed E-state index contributed by atoms with van der Waals surface area (Å²) in [6.07, 6.45) is 9.64. The molecule has 11 nitrogen and oxygen atoms in total. The van der Waals surface area contributed by atoms with Crippen LogP contribution >= 0.6 is 11.3 Å². The first kappa shape index (κ1) is 24.6. The van der Waals surface area contributed by atoms with Gasteiger partial charge in [0.15, 0.2) is 0 Å². The fourth-order valence-electron chi connectivity index (χ4n) is 5.14. The fourth-order valence-corrected chi connectivity index (χ4v) is 6.20. The van der Waals surface area contributed by atoms with Crippen LogP contribution in [0.1, 0.15) is 49.2 Å². The molecule has 0 bridgehead atoms. The number of aryl methyl sites for hydroxylation is 2. The van der Waals surface area contributed by atoms with Gasteiger partial charge in [0.1, 0.15) is 4.83 Å². The number of hydrogen-bond donors (Lipinski definition) is 2. The summed E-state index contributed by atoms with van der Waals surface area (Å²) < 4.78 is 9.40. The molecule has 0 saturated carbocycles. The highest BCUT2D eigenvalue weighted by Gasteiger charge is 2.32. The van der Waals surface area contributed by atoms with E-state index < -0.39 is 0 Å². The zero-order chi connectivity index (χ0) is 26.4. The maximum atomic E-state index is 13.3. The highest BCUT2D eigenvalue weighted by molar-refractivity contribution is 7.21. The highest BCUT2D eigenvalue weighted by atomic mass is 32.1. The van der Waals surface area contributed by atoms with Gasteiger partial charge in [0.25, 0.3) is 5.91 Å². The summed E-state index contributed by atoms with van der Waals surface area (Å²) in [6, 6.07) is 1.90. The number of anilines is 2. The van der Waals surface area contributed by atoms with Gasteiger partial charge in [0.05, 0.1) is 64.3 Å². The smallest absolute Gasteiger partial charge is 0.260 e. The normalized spacial score (nSPS) is 17.5. The molecular weight excluding hydrogens is 504 g/mol. The van der Waals surface area contributed by atoms with Crippen LogP contribution in [0.2, 0.25) is 0 Å². The number of amides is 2. The second-order valence-electron chi connectivity index (χ2n) is 9.98. The van der Waals surface area contributed by atoms with Crippen LogP contribution in [0, 0.1) is 6.92 Å². The lowest BCUT2D eigenvalue weighted by molar-refractivity contribution is -0.120. The third kappa shape index (κ3) is 4.43. The van der Waals surface area contributed by atoms with Crippen molar-refractivity contribution in [1.29, 1.82) is 0 Å². The summed E-state index contributed by atoms with van der Waals surface area (Å²) in [5, 5.41) is 14.8. The van der Waals surface area contributed by atoms with Crippen molar-refractivity contribution in [3.05, 3.63) is 42.1 Å². The van der Waals surface area contributed by atoms with Gasteiger partial charge < -0.3 is 15.4 Å². The number of fused-ring (bicyclic) bond motifs is 2. The van der Waals surface area contributed by atoms with Gasteiger partial charge >= 0.3 is 0 Å². The zero-order valence-electron chi connectivity index (χ0n) is 21.6. The van der Waals surface area contributed by atoms with Gasteiger partial charge in [-0.25, -0.2) is 9.20 Å². The molecule has 4 aromatic heterocycles. The van der Waals surface area contributed by atoms with E-state index in [4.69, 9.17) is 4.74 Å². The largest absolute Gasteiger partial charge is 0.477 e. The van der Waals surface area contributed by atoms with Crippen molar-refractivity contribution in [1.82, 2.24) is 29.3 Å². The van der Waals surface area contributed by atoms with Crippen LogP contribution < -0.4 is 15.4 Å². The van der Waals surface area contributed by atoms with Crippen LogP contribution in [0.25, 0.3) is 15.3 Å². The lowest BCUT2D eigenvalue weighted by Crippen LogP contribution is -2.43. The number of aromatic nitrogens is 5. The molecule has 6 heterocycles. The number of nitrogens with zero attached hydrogens (tertiary/aromatic N) is 6. The molecule has 1 atom stereocenters. The van der Waals surface area contributed by atoms with Crippen LogP contribution in [-0.4, -0.2) is 66.3 Å². The summed E-state index contributed by atoms with van der Waals surface area (Å²) in [5.74, 6) is 0.410. The molecule has 1 saturated heterocycles. The number of hydrogen-bond acceptors (Lipinski definition) is 8. The SMILES string of the molecule is Cc1ncc(NC(=O)[C@@H]2CCCN2C(C)C)cc1NC(=O)c1cnn2cc(-c3cnn4c3OCCC4)sc12. The van der Waals surface area contributed by atoms with Gasteiger partial charge in [-0.1, -0.05) is 0 Å². The van der Waals surface area contributed by atoms with E-state index in [1.165, 1.54) is 11.3 Å². The minimum atomic E-state index is -0.295. The minimum absolute atomic E-state index is 0.0464. The number of carbonyl (C=O) groups excluding carboxylic acids is 2. The van der Waals surface area contributed by atoms with Gasteiger partial charge in [-0.3, -0.25) is 19.5 Å². The first-order valence-electron chi connectivity index (χ1n) is 12.9. The topological polar surface area (TPSA) is 119 Å². The van der Waals surface area contributed by atoms with Crippen molar-refractivity contribution >= 4 is 39.4 Å². The Morgan fingerprint density at radius 2 is 2.00 bits per heavy atom. The maximum absolute atomic E-state index is 13.3. The quantitative estimate of drug-likeness (QED) is 0.386. The summed E-state index contributed by atoms with van der Waals surface area (Å²) in [7, 11) is 0. The van der Waals surface area contributed by atoms with Crippen molar-refractivity contribution in [3.8, 4) is 16.3 Å². The Kier molecular flexibility index (Phi) is 6.36. The first-order chi connectivity index (χ1) is 18.4. The lowest BCUT2D eigenvalue weighted by Gasteiger charge is -2.27. The monoisotopic (exact) mass is 534 g/mol. The third-order valence-corrected chi connectivity index (χ3v) is 8.26. The number of rotatable bonds is 6. The predicted octanol–water partition coefficient (Wildman–Crippen LogP) is 3.81. The van der Waals surface area contributed by atoms with Crippen LogP contribution in [-0.2, 0) is 11.3 Å². The Bertz CT molecular complexity index is 1520. The molecule has 12 heteroatoms. The molecule has 1 fully saturated rings. The summed E-state index contributed by atoms with van der Waals surface area (Å²) in [4.78, 5) is 34.6. The van der Waals surface area contributed by atoms with Crippen molar-refractivity contribution < 1.29 is 14.3 Å². The van der Waals surface area contributed by atoms with E-state index in [1.807, 2.05) is 17.8 Å². The number of likely N-dealkylation sites (tertiary alicyclic amines) is 1. The standard InChI is InChI=1S/C26H30N8O3S/c1-15(2)32-7-4-6-21(32)24(36)30-17-10-20(16(3)27-11-17)31-23(35)19-13-29-34-14-22(38-26(19)34)18-12-28-33-8-5-9-37-25(18)33/h10-15,21H,4-9H2,1-3H3,(H,30,36)(H,31,35)/t21-/m0/s1. The van der Waals surface area contributed by atoms with Crippen molar-refractivity contribution in [3.63, 3.8) is 0 Å². The average Bonchev–Trinajstić information content (AvgIpc) is 3.68. The molecular formula is C26H30N8O3S. The van der Waals surface area contributed by atoms with Gasteiger partial charge in [-0.05, 0) is 46.2 Å². The van der Waals surface area contributed by atoms with Crippen LogP contribution in [0.5, 0.6) is 5.88 Å². The molecule has 2 aliphatic heterocycles. The number of carbonyl (C=O) groups is 2. The Balaban J connectivity index is 1.20. The Morgan fingerprint density at radius 3 is 2.84 bits per heavy atom.